The zero-order chi connectivity index (χ0) is 17.2. The maximum Gasteiger partial charge on any atom is 0.241 e. The van der Waals surface area contributed by atoms with Gasteiger partial charge in [0.1, 0.15) is 6.04 Å². The summed E-state index contributed by atoms with van der Waals surface area (Å²) in [6.07, 6.45) is 7.42. The number of rotatable bonds is 5. The summed E-state index contributed by atoms with van der Waals surface area (Å²) in [5, 5.41) is 0. The number of carbonyl (C=O) groups excluding carboxylic acids is 1. The highest BCUT2D eigenvalue weighted by molar-refractivity contribution is 7.88. The fourth-order valence-corrected chi connectivity index (χ4v) is 4.97. The molecule has 0 aromatic carbocycles. The molecule has 0 N–H and O–H groups in total. The third-order valence-electron chi connectivity index (χ3n) is 5.55. The molecule has 7 heteroatoms. The molecule has 134 valence electrons. The number of hydrogen-bond acceptors (Lipinski definition) is 4. The molecule has 0 radical (unpaired) electrons. The minimum atomic E-state index is -3.42. The van der Waals surface area contributed by atoms with E-state index in [9.17, 15) is 13.2 Å². The lowest BCUT2D eigenvalue weighted by molar-refractivity contribution is -0.136. The highest BCUT2D eigenvalue weighted by atomic mass is 32.2. The van der Waals surface area contributed by atoms with Crippen LogP contribution in [-0.4, -0.2) is 68.7 Å². The van der Waals surface area contributed by atoms with Crippen LogP contribution in [0.25, 0.3) is 0 Å². The zero-order valence-electron chi connectivity index (χ0n) is 14.7. The van der Waals surface area contributed by atoms with E-state index in [1.54, 1.807) is 12.0 Å². The normalized spacial score (nSPS) is 28.7. The van der Waals surface area contributed by atoms with Crippen molar-refractivity contribution in [1.29, 1.82) is 0 Å². The number of nitrogens with zero attached hydrogens (tertiary/aromatic N) is 2. The lowest BCUT2D eigenvalue weighted by Crippen LogP contribution is -2.50. The molecule has 2 aliphatic rings. The molecule has 6 nitrogen and oxygen atoms in total. The van der Waals surface area contributed by atoms with Gasteiger partial charge >= 0.3 is 0 Å². The number of sulfonamides is 1. The van der Waals surface area contributed by atoms with Gasteiger partial charge in [-0.1, -0.05) is 19.3 Å². The van der Waals surface area contributed by atoms with E-state index in [4.69, 9.17) is 4.74 Å². The Morgan fingerprint density at radius 1 is 1.26 bits per heavy atom. The first kappa shape index (κ1) is 18.7. The Morgan fingerprint density at radius 2 is 1.87 bits per heavy atom. The Balaban J connectivity index is 2.10. The standard InChI is InChI=1S/C16H30N2O4S/c1-12(13-8-6-5-7-9-13)17(2)16(19)15-10-14(22-3)11-18(15)23(4,20)21/h12-15H,5-11H2,1-4H3/t12-,14+,15-/m1/s1. The predicted molar refractivity (Wildman–Crippen MR) is 89.6 cm³/mol. The summed E-state index contributed by atoms with van der Waals surface area (Å²) in [5.41, 5.74) is 0. The minimum Gasteiger partial charge on any atom is -0.380 e. The fraction of sp³-hybridized carbons (Fsp3) is 0.938. The van der Waals surface area contributed by atoms with Crippen LogP contribution in [0.2, 0.25) is 0 Å². The van der Waals surface area contributed by atoms with Crippen molar-refractivity contribution in [1.82, 2.24) is 9.21 Å². The first-order valence-electron chi connectivity index (χ1n) is 8.52. The molecular weight excluding hydrogens is 316 g/mol. The average molecular weight is 346 g/mol. The molecule has 3 atom stereocenters. The summed E-state index contributed by atoms with van der Waals surface area (Å²) >= 11 is 0. The Kier molecular flexibility index (Phi) is 6.08. The number of hydrogen-bond donors (Lipinski definition) is 0. The molecule has 23 heavy (non-hydrogen) atoms. The molecule has 0 bridgehead atoms. The summed E-state index contributed by atoms with van der Waals surface area (Å²) in [6, 6.07) is -0.489. The second-order valence-corrected chi connectivity index (χ2v) is 8.96. The summed E-state index contributed by atoms with van der Waals surface area (Å²) in [7, 11) is -0.0484. The van der Waals surface area contributed by atoms with Crippen LogP contribution < -0.4 is 0 Å². The van der Waals surface area contributed by atoms with Crippen LogP contribution in [0.5, 0.6) is 0 Å². The molecule has 1 saturated heterocycles. The van der Waals surface area contributed by atoms with Gasteiger partial charge in [-0.15, -0.1) is 0 Å². The van der Waals surface area contributed by atoms with Crippen LogP contribution in [0, 0.1) is 5.92 Å². The van der Waals surface area contributed by atoms with E-state index in [1.165, 1.54) is 23.6 Å². The molecule has 1 aliphatic carbocycles. The fourth-order valence-electron chi connectivity index (χ4n) is 3.90. The van der Waals surface area contributed by atoms with E-state index in [1.807, 2.05) is 7.05 Å². The largest absolute Gasteiger partial charge is 0.380 e. The van der Waals surface area contributed by atoms with Crippen LogP contribution in [0.15, 0.2) is 0 Å². The van der Waals surface area contributed by atoms with Crippen LogP contribution in [0.1, 0.15) is 45.4 Å². The molecule has 1 heterocycles. The van der Waals surface area contributed by atoms with Crippen molar-refractivity contribution >= 4 is 15.9 Å². The third-order valence-corrected chi connectivity index (χ3v) is 6.81. The Morgan fingerprint density at radius 3 is 2.39 bits per heavy atom. The smallest absolute Gasteiger partial charge is 0.241 e. The predicted octanol–water partition coefficient (Wildman–Crippen LogP) is 1.46. The SMILES string of the molecule is CO[C@H]1C[C@H](C(=O)N(C)[C@H](C)C2CCCCC2)N(S(C)(=O)=O)C1. The van der Waals surface area contributed by atoms with Gasteiger partial charge in [0.05, 0.1) is 12.4 Å². The quantitative estimate of drug-likeness (QED) is 0.756. The van der Waals surface area contributed by atoms with E-state index >= 15 is 0 Å². The van der Waals surface area contributed by atoms with Crippen LogP contribution in [0.3, 0.4) is 0 Å². The number of amides is 1. The van der Waals surface area contributed by atoms with Crippen molar-refractivity contribution in [3.05, 3.63) is 0 Å². The van der Waals surface area contributed by atoms with Crippen LogP contribution >= 0.6 is 0 Å². The number of carbonyl (C=O) groups is 1. The third kappa shape index (κ3) is 4.25. The summed E-state index contributed by atoms with van der Waals surface area (Å²) in [4.78, 5) is 14.7. The van der Waals surface area contributed by atoms with Gasteiger partial charge in [-0.25, -0.2) is 8.42 Å². The molecule has 0 aromatic heterocycles. The highest BCUT2D eigenvalue weighted by Gasteiger charge is 2.44. The Hall–Kier alpha value is -0.660. The number of likely N-dealkylation sites (N-methyl/N-ethyl adjacent to an activating group) is 1. The molecule has 1 aliphatic heterocycles. The molecule has 0 unspecified atom stereocenters. The van der Waals surface area contributed by atoms with E-state index in [0.29, 0.717) is 12.3 Å². The van der Waals surface area contributed by atoms with Crippen molar-refractivity contribution in [2.24, 2.45) is 5.92 Å². The van der Waals surface area contributed by atoms with Gasteiger partial charge in [0, 0.05) is 33.2 Å². The first-order chi connectivity index (χ1) is 10.8. The molecule has 0 aromatic rings. The highest BCUT2D eigenvalue weighted by Crippen LogP contribution is 2.30. The van der Waals surface area contributed by atoms with Gasteiger partial charge in [-0.3, -0.25) is 4.79 Å². The van der Waals surface area contributed by atoms with Crippen molar-refractivity contribution < 1.29 is 17.9 Å². The molecule has 1 amide bonds. The molecule has 0 spiro atoms. The zero-order valence-corrected chi connectivity index (χ0v) is 15.5. The molecule has 2 rings (SSSR count). The van der Waals surface area contributed by atoms with Gasteiger partial charge in [-0.05, 0) is 25.7 Å². The maximum absolute atomic E-state index is 12.9. The van der Waals surface area contributed by atoms with Crippen molar-refractivity contribution in [2.75, 3.05) is 27.0 Å². The summed E-state index contributed by atoms with van der Waals surface area (Å²) < 4.78 is 30.6. The summed E-state index contributed by atoms with van der Waals surface area (Å²) in [6.45, 7) is 2.35. The van der Waals surface area contributed by atoms with Gasteiger partial charge in [-0.2, -0.15) is 4.31 Å². The van der Waals surface area contributed by atoms with Crippen molar-refractivity contribution in [3.8, 4) is 0 Å². The van der Waals surface area contributed by atoms with Gasteiger partial charge in [0.15, 0.2) is 0 Å². The number of ether oxygens (including phenoxy) is 1. The van der Waals surface area contributed by atoms with E-state index in [0.717, 1.165) is 19.1 Å². The minimum absolute atomic E-state index is 0.104. The van der Waals surface area contributed by atoms with E-state index < -0.39 is 16.1 Å². The Bertz CT molecular complexity index is 516. The maximum atomic E-state index is 12.9. The molecule has 2 fully saturated rings. The van der Waals surface area contributed by atoms with Gasteiger partial charge < -0.3 is 9.64 Å². The monoisotopic (exact) mass is 346 g/mol. The second-order valence-electron chi connectivity index (χ2n) is 7.03. The van der Waals surface area contributed by atoms with E-state index in [-0.39, 0.29) is 24.6 Å². The van der Waals surface area contributed by atoms with Crippen molar-refractivity contribution in [3.63, 3.8) is 0 Å². The second kappa shape index (κ2) is 7.49. The first-order valence-corrected chi connectivity index (χ1v) is 10.4. The lowest BCUT2D eigenvalue weighted by atomic mass is 9.84. The summed E-state index contributed by atoms with van der Waals surface area (Å²) in [5.74, 6) is 0.414. The van der Waals surface area contributed by atoms with Gasteiger partial charge in [0.2, 0.25) is 15.9 Å². The average Bonchev–Trinajstić information content (AvgIpc) is 2.98. The molecule has 1 saturated carbocycles. The van der Waals surface area contributed by atoms with E-state index in [2.05, 4.69) is 6.92 Å². The lowest BCUT2D eigenvalue weighted by Gasteiger charge is -2.36. The van der Waals surface area contributed by atoms with Crippen LogP contribution in [-0.2, 0) is 19.6 Å². The number of methoxy groups -OCH3 is 1. The molecular formula is C16H30N2O4S. The van der Waals surface area contributed by atoms with Crippen molar-refractivity contribution in [2.45, 2.75) is 63.6 Å². The van der Waals surface area contributed by atoms with Gasteiger partial charge in [0.25, 0.3) is 0 Å². The Labute approximate surface area is 140 Å². The topological polar surface area (TPSA) is 66.9 Å². The van der Waals surface area contributed by atoms with Crippen LogP contribution in [0.4, 0.5) is 0 Å².